The highest BCUT2D eigenvalue weighted by molar-refractivity contribution is 7.15. The number of likely N-dealkylation sites (tertiary alicyclic amines) is 1. The number of aromatic nitrogens is 2. The fourth-order valence-electron chi connectivity index (χ4n) is 4.15. The van der Waals surface area contributed by atoms with Gasteiger partial charge >= 0.3 is 0 Å². The fourth-order valence-corrected chi connectivity index (χ4v) is 5.33. The molecule has 1 saturated heterocycles. The fraction of sp³-hybridized carbons (Fsp3) is 0.304. The molecule has 1 aliphatic heterocycles. The van der Waals surface area contributed by atoms with Crippen molar-refractivity contribution in [2.24, 2.45) is 0 Å². The Labute approximate surface area is 188 Å². The molecule has 1 N–H and O–H groups in total. The second kappa shape index (κ2) is 8.05. The average Bonchev–Trinajstić information content (AvgIpc) is 3.50. The molecule has 1 aromatic carbocycles. The zero-order chi connectivity index (χ0) is 21.5. The topological polar surface area (TPSA) is 67.1 Å². The molecule has 0 saturated carbocycles. The van der Waals surface area contributed by atoms with Crippen molar-refractivity contribution in [1.82, 2.24) is 14.3 Å². The number of thiazole rings is 1. The van der Waals surface area contributed by atoms with Gasteiger partial charge in [-0.3, -0.25) is 9.20 Å². The van der Waals surface area contributed by atoms with E-state index in [1.165, 1.54) is 37.0 Å². The van der Waals surface area contributed by atoms with Crippen molar-refractivity contribution in [2.45, 2.75) is 25.2 Å². The Bertz CT molecular complexity index is 1320. The number of phenols is 1. The SMILES string of the molecule is COc1cc(C=c2sc3nc(C4C=CC(N5CCCC5)=CC4)cn3c2=O)cc(Cl)c1O. The van der Waals surface area contributed by atoms with Crippen molar-refractivity contribution < 1.29 is 9.84 Å². The Morgan fingerprint density at radius 3 is 2.81 bits per heavy atom. The van der Waals surface area contributed by atoms with Gasteiger partial charge in [-0.05, 0) is 49.1 Å². The molecule has 8 heteroatoms. The van der Waals surface area contributed by atoms with E-state index in [0.29, 0.717) is 15.1 Å². The smallest absolute Gasteiger partial charge is 0.274 e. The van der Waals surface area contributed by atoms with E-state index in [1.54, 1.807) is 22.6 Å². The van der Waals surface area contributed by atoms with E-state index in [2.05, 4.69) is 23.1 Å². The van der Waals surface area contributed by atoms with Crippen LogP contribution in [0.3, 0.4) is 0 Å². The van der Waals surface area contributed by atoms with E-state index in [-0.39, 0.29) is 28.0 Å². The van der Waals surface area contributed by atoms with Crippen LogP contribution in [-0.4, -0.2) is 39.6 Å². The molecule has 0 radical (unpaired) electrons. The zero-order valence-electron chi connectivity index (χ0n) is 17.0. The van der Waals surface area contributed by atoms with Crippen LogP contribution in [0.15, 0.2) is 47.0 Å². The Morgan fingerprint density at radius 1 is 1.32 bits per heavy atom. The quantitative estimate of drug-likeness (QED) is 0.649. The molecule has 31 heavy (non-hydrogen) atoms. The Morgan fingerprint density at radius 2 is 2.13 bits per heavy atom. The van der Waals surface area contributed by atoms with Gasteiger partial charge in [-0.1, -0.05) is 35.1 Å². The largest absolute Gasteiger partial charge is 0.503 e. The maximum absolute atomic E-state index is 12.9. The van der Waals surface area contributed by atoms with Gasteiger partial charge in [-0.15, -0.1) is 0 Å². The van der Waals surface area contributed by atoms with Gasteiger partial charge in [-0.25, -0.2) is 4.98 Å². The van der Waals surface area contributed by atoms with Crippen LogP contribution >= 0.6 is 22.9 Å². The van der Waals surface area contributed by atoms with Crippen LogP contribution in [0, 0.1) is 0 Å². The first-order chi connectivity index (χ1) is 15.0. The number of imidazole rings is 1. The first-order valence-electron chi connectivity index (χ1n) is 10.3. The number of rotatable bonds is 4. The standard InChI is InChI=1S/C23H22ClN3O3S/c1-30-19-11-14(10-17(24)21(19)28)12-20-22(29)27-13-18(25-23(27)31-20)15-4-6-16(7-5-15)26-8-2-3-9-26/h4,6-7,10-13,15,28H,2-3,5,8-9H2,1H3. The summed E-state index contributed by atoms with van der Waals surface area (Å²) in [6.07, 6.45) is 13.7. The lowest BCUT2D eigenvalue weighted by molar-refractivity contribution is 0.373. The van der Waals surface area contributed by atoms with Crippen LogP contribution < -0.4 is 14.8 Å². The highest BCUT2D eigenvalue weighted by Gasteiger charge is 2.20. The van der Waals surface area contributed by atoms with Crippen molar-refractivity contribution in [3.8, 4) is 11.5 Å². The van der Waals surface area contributed by atoms with Gasteiger partial charge in [0.05, 0.1) is 22.4 Å². The molecule has 5 rings (SSSR count). The minimum Gasteiger partial charge on any atom is -0.503 e. The number of phenolic OH excluding ortho intramolecular Hbond substituents is 1. The molecule has 1 fully saturated rings. The second-order valence-electron chi connectivity index (χ2n) is 7.81. The molecule has 2 aliphatic rings. The van der Waals surface area contributed by atoms with Crippen molar-refractivity contribution in [3.05, 3.63) is 73.4 Å². The van der Waals surface area contributed by atoms with Crippen molar-refractivity contribution in [3.63, 3.8) is 0 Å². The minimum atomic E-state index is -0.116. The number of ether oxygens (including phenoxy) is 1. The molecular formula is C23H22ClN3O3S. The number of benzene rings is 1. The number of hydrogen-bond donors (Lipinski definition) is 1. The summed E-state index contributed by atoms with van der Waals surface area (Å²) in [6, 6.07) is 3.25. The van der Waals surface area contributed by atoms with Crippen molar-refractivity contribution in [1.29, 1.82) is 0 Å². The summed E-state index contributed by atoms with van der Waals surface area (Å²) in [6.45, 7) is 2.27. The highest BCUT2D eigenvalue weighted by atomic mass is 35.5. The normalized spacial score (nSPS) is 19.4. The van der Waals surface area contributed by atoms with E-state index >= 15 is 0 Å². The van der Waals surface area contributed by atoms with E-state index < -0.39 is 0 Å². The van der Waals surface area contributed by atoms with E-state index in [1.807, 2.05) is 6.20 Å². The van der Waals surface area contributed by atoms with Gasteiger partial charge in [0.1, 0.15) is 0 Å². The van der Waals surface area contributed by atoms with Gasteiger partial charge in [0, 0.05) is 30.9 Å². The summed E-state index contributed by atoms with van der Waals surface area (Å²) < 4.78 is 7.30. The summed E-state index contributed by atoms with van der Waals surface area (Å²) in [5.74, 6) is 0.336. The van der Waals surface area contributed by atoms with Gasteiger partial charge < -0.3 is 14.7 Å². The summed E-state index contributed by atoms with van der Waals surface area (Å²) in [7, 11) is 1.46. The van der Waals surface area contributed by atoms with E-state index in [4.69, 9.17) is 21.3 Å². The molecule has 0 spiro atoms. The number of aromatic hydroxyl groups is 1. The average molecular weight is 456 g/mol. The van der Waals surface area contributed by atoms with E-state index in [0.717, 1.165) is 25.2 Å². The molecule has 1 unspecified atom stereocenters. The first kappa shape index (κ1) is 20.2. The van der Waals surface area contributed by atoms with Gasteiger partial charge in [-0.2, -0.15) is 0 Å². The molecule has 2 aromatic heterocycles. The number of halogens is 1. The molecular weight excluding hydrogens is 434 g/mol. The summed E-state index contributed by atoms with van der Waals surface area (Å²) in [5, 5.41) is 10.1. The lowest BCUT2D eigenvalue weighted by Crippen LogP contribution is -2.22. The number of methoxy groups -OCH3 is 1. The van der Waals surface area contributed by atoms with Crippen LogP contribution in [0.1, 0.15) is 36.4 Å². The van der Waals surface area contributed by atoms with E-state index in [9.17, 15) is 9.90 Å². The van der Waals surface area contributed by atoms with Crippen molar-refractivity contribution in [2.75, 3.05) is 20.2 Å². The molecule has 160 valence electrons. The number of fused-ring (bicyclic) bond motifs is 1. The summed E-state index contributed by atoms with van der Waals surface area (Å²) in [4.78, 5) is 20.7. The van der Waals surface area contributed by atoms with Crippen LogP contribution in [-0.2, 0) is 0 Å². The number of allylic oxidation sites excluding steroid dienone is 3. The predicted octanol–water partition coefficient (Wildman–Crippen LogP) is 3.69. The number of hydrogen-bond acceptors (Lipinski definition) is 6. The molecule has 0 amide bonds. The van der Waals surface area contributed by atoms with Crippen molar-refractivity contribution >= 4 is 34.0 Å². The third-order valence-electron chi connectivity index (χ3n) is 5.82. The Kier molecular flexibility index (Phi) is 5.24. The van der Waals surface area contributed by atoms with Gasteiger partial charge in [0.25, 0.3) is 5.56 Å². The Hall–Kier alpha value is -2.77. The summed E-state index contributed by atoms with van der Waals surface area (Å²) in [5.41, 5.74) is 2.78. The third-order valence-corrected chi connectivity index (χ3v) is 7.09. The van der Waals surface area contributed by atoms with Crippen LogP contribution in [0.4, 0.5) is 0 Å². The maximum Gasteiger partial charge on any atom is 0.274 e. The first-order valence-corrected chi connectivity index (χ1v) is 11.5. The van der Waals surface area contributed by atoms with Gasteiger partial charge in [0.2, 0.25) is 0 Å². The molecule has 0 bridgehead atoms. The summed E-state index contributed by atoms with van der Waals surface area (Å²) >= 11 is 7.40. The highest BCUT2D eigenvalue weighted by Crippen LogP contribution is 2.35. The second-order valence-corrected chi connectivity index (χ2v) is 9.23. The van der Waals surface area contributed by atoms with Crippen LogP contribution in [0.25, 0.3) is 11.0 Å². The maximum atomic E-state index is 12.9. The third kappa shape index (κ3) is 3.72. The molecule has 1 atom stereocenters. The molecule has 1 aliphatic carbocycles. The molecule has 3 aromatic rings. The molecule has 6 nitrogen and oxygen atoms in total. The van der Waals surface area contributed by atoms with Crippen LogP contribution in [0.5, 0.6) is 11.5 Å². The lowest BCUT2D eigenvalue weighted by atomic mass is 9.96. The zero-order valence-corrected chi connectivity index (χ0v) is 18.6. The minimum absolute atomic E-state index is 0.114. The van der Waals surface area contributed by atoms with Gasteiger partial charge in [0.15, 0.2) is 16.5 Å². The predicted molar refractivity (Wildman–Crippen MR) is 123 cm³/mol. The lowest BCUT2D eigenvalue weighted by Gasteiger charge is -2.23. The van der Waals surface area contributed by atoms with Crippen LogP contribution in [0.2, 0.25) is 5.02 Å². The monoisotopic (exact) mass is 455 g/mol. The molecule has 3 heterocycles. The number of nitrogens with zero attached hydrogens (tertiary/aromatic N) is 3. The Balaban J connectivity index is 1.42.